The van der Waals surface area contributed by atoms with Crippen LogP contribution in [0.1, 0.15) is 26.1 Å². The predicted octanol–water partition coefficient (Wildman–Crippen LogP) is 2.85. The van der Waals surface area contributed by atoms with Gasteiger partial charge in [0.1, 0.15) is 5.82 Å². The van der Waals surface area contributed by atoms with Crippen LogP contribution in [0.3, 0.4) is 0 Å². The molecule has 0 radical (unpaired) electrons. The lowest BCUT2D eigenvalue weighted by molar-refractivity contribution is -0.135. The van der Waals surface area contributed by atoms with E-state index in [2.05, 4.69) is 40.2 Å². The van der Waals surface area contributed by atoms with Crippen LogP contribution in [0.15, 0.2) is 18.2 Å². The highest BCUT2D eigenvalue weighted by atomic mass is 35.5. The monoisotopic (exact) mass is 417 g/mol. The van der Waals surface area contributed by atoms with Crippen molar-refractivity contribution < 1.29 is 4.79 Å². The molecule has 2 atom stereocenters. The maximum absolute atomic E-state index is 12.7. The van der Waals surface area contributed by atoms with Gasteiger partial charge >= 0.3 is 0 Å². The maximum Gasteiger partial charge on any atom is 0.236 e. The first-order chi connectivity index (χ1) is 13.9. The van der Waals surface area contributed by atoms with E-state index in [4.69, 9.17) is 16.6 Å². The third kappa shape index (κ3) is 4.76. The normalized spacial score (nSPS) is 24.3. The number of imidazole rings is 1. The minimum absolute atomic E-state index is 0.295. The average molecular weight is 418 g/mol. The number of amides is 1. The average Bonchev–Trinajstić information content (AvgIpc) is 2.97. The van der Waals surface area contributed by atoms with Crippen molar-refractivity contribution in [2.24, 2.45) is 18.9 Å². The van der Waals surface area contributed by atoms with Crippen molar-refractivity contribution in [1.29, 1.82) is 0 Å². The summed E-state index contributed by atoms with van der Waals surface area (Å²) in [5, 5.41) is 0.720. The molecule has 4 rings (SSSR count). The topological polar surface area (TPSA) is 44.6 Å². The second-order valence-corrected chi connectivity index (χ2v) is 9.45. The molecule has 1 aromatic heterocycles. The molecule has 29 heavy (non-hydrogen) atoms. The summed E-state index contributed by atoms with van der Waals surface area (Å²) in [6.45, 7) is 11.5. The highest BCUT2D eigenvalue weighted by Crippen LogP contribution is 2.22. The highest BCUT2D eigenvalue weighted by Gasteiger charge is 2.27. The molecule has 2 unspecified atom stereocenters. The summed E-state index contributed by atoms with van der Waals surface area (Å²) in [5.41, 5.74) is 2.06. The van der Waals surface area contributed by atoms with E-state index in [0.29, 0.717) is 24.3 Å². The maximum atomic E-state index is 12.7. The molecule has 2 saturated heterocycles. The summed E-state index contributed by atoms with van der Waals surface area (Å²) in [4.78, 5) is 24.3. The lowest BCUT2D eigenvalue weighted by atomic mass is 9.92. The summed E-state index contributed by atoms with van der Waals surface area (Å²) < 4.78 is 2.15. The van der Waals surface area contributed by atoms with Crippen molar-refractivity contribution in [2.45, 2.75) is 26.8 Å². The van der Waals surface area contributed by atoms with Gasteiger partial charge in [0, 0.05) is 51.3 Å². The van der Waals surface area contributed by atoms with Gasteiger partial charge in [-0.15, -0.1) is 0 Å². The van der Waals surface area contributed by atoms with Gasteiger partial charge in [-0.2, -0.15) is 0 Å². The van der Waals surface area contributed by atoms with Crippen molar-refractivity contribution in [3.05, 3.63) is 29.0 Å². The molecule has 0 saturated carbocycles. The summed E-state index contributed by atoms with van der Waals surface area (Å²) in [7, 11) is 2.06. The fourth-order valence-electron chi connectivity index (χ4n) is 4.83. The Hall–Kier alpha value is -1.63. The number of likely N-dealkylation sites (tertiary alicyclic amines) is 1. The number of rotatable bonds is 4. The number of piperidine rings is 1. The molecular weight excluding hydrogens is 386 g/mol. The van der Waals surface area contributed by atoms with E-state index in [1.165, 1.54) is 6.42 Å². The quantitative estimate of drug-likeness (QED) is 0.767. The number of aromatic nitrogens is 2. The smallest absolute Gasteiger partial charge is 0.236 e. The number of aryl methyl sites for hydroxylation is 1. The number of halogens is 1. The minimum atomic E-state index is 0.295. The van der Waals surface area contributed by atoms with E-state index in [-0.39, 0.29) is 0 Å². The van der Waals surface area contributed by atoms with Crippen molar-refractivity contribution in [3.8, 4) is 0 Å². The Kier molecular flexibility index (Phi) is 6.13. The first kappa shape index (κ1) is 20.6. The van der Waals surface area contributed by atoms with Crippen molar-refractivity contribution in [2.75, 3.05) is 45.8 Å². The third-order valence-electron chi connectivity index (χ3n) is 6.35. The van der Waals surface area contributed by atoms with E-state index in [1.807, 2.05) is 18.2 Å². The molecule has 7 heteroatoms. The zero-order chi connectivity index (χ0) is 20.5. The second-order valence-electron chi connectivity index (χ2n) is 9.02. The summed E-state index contributed by atoms with van der Waals surface area (Å²) in [5.74, 6) is 2.58. The van der Waals surface area contributed by atoms with Crippen LogP contribution in [0.4, 0.5) is 0 Å². The first-order valence-electron chi connectivity index (χ1n) is 10.7. The predicted molar refractivity (Wildman–Crippen MR) is 117 cm³/mol. The van der Waals surface area contributed by atoms with E-state index < -0.39 is 0 Å². The molecule has 1 amide bonds. The van der Waals surface area contributed by atoms with Gasteiger partial charge in [0.05, 0.1) is 24.1 Å². The molecule has 6 nitrogen and oxygen atoms in total. The van der Waals surface area contributed by atoms with Crippen LogP contribution in [0, 0.1) is 11.8 Å². The van der Waals surface area contributed by atoms with E-state index >= 15 is 0 Å². The Balaban J connectivity index is 1.30. The summed E-state index contributed by atoms with van der Waals surface area (Å²) in [6, 6.07) is 5.86. The Morgan fingerprint density at radius 2 is 1.76 bits per heavy atom. The van der Waals surface area contributed by atoms with Crippen molar-refractivity contribution in [3.63, 3.8) is 0 Å². The van der Waals surface area contributed by atoms with Gasteiger partial charge in [0.25, 0.3) is 0 Å². The Bertz CT molecular complexity index is 863. The number of fused-ring (bicyclic) bond motifs is 1. The molecule has 0 aliphatic carbocycles. The third-order valence-corrected chi connectivity index (χ3v) is 6.58. The number of nitrogens with zero attached hydrogens (tertiary/aromatic N) is 5. The van der Waals surface area contributed by atoms with Crippen molar-refractivity contribution >= 4 is 28.5 Å². The van der Waals surface area contributed by atoms with Crippen LogP contribution in [0.2, 0.25) is 5.02 Å². The molecule has 158 valence electrons. The number of piperazine rings is 1. The van der Waals surface area contributed by atoms with Crippen LogP contribution >= 0.6 is 11.6 Å². The number of carbonyl (C=O) groups excluding carboxylic acids is 1. The van der Waals surface area contributed by atoms with Crippen molar-refractivity contribution in [1.82, 2.24) is 24.3 Å². The largest absolute Gasteiger partial charge is 0.341 e. The molecule has 0 spiro atoms. The molecule has 2 aliphatic rings. The fourth-order valence-corrected chi connectivity index (χ4v) is 4.99. The molecule has 2 fully saturated rings. The molecule has 0 bridgehead atoms. The molecular formula is C22H32ClN5O. The fraction of sp³-hybridized carbons (Fsp3) is 0.636. The molecule has 1 aromatic carbocycles. The van der Waals surface area contributed by atoms with Gasteiger partial charge < -0.3 is 9.47 Å². The van der Waals surface area contributed by atoms with Crippen LogP contribution in [0.25, 0.3) is 11.0 Å². The summed E-state index contributed by atoms with van der Waals surface area (Å²) >= 11 is 6.11. The lowest BCUT2D eigenvalue weighted by Crippen LogP contribution is -2.51. The number of hydrogen-bond donors (Lipinski definition) is 0. The van der Waals surface area contributed by atoms with Crippen LogP contribution in [0.5, 0.6) is 0 Å². The van der Waals surface area contributed by atoms with Gasteiger partial charge in [-0.1, -0.05) is 25.4 Å². The lowest BCUT2D eigenvalue weighted by Gasteiger charge is -2.38. The van der Waals surface area contributed by atoms with Crippen LogP contribution < -0.4 is 0 Å². The van der Waals surface area contributed by atoms with E-state index in [0.717, 1.165) is 67.7 Å². The first-order valence-corrected chi connectivity index (χ1v) is 11.1. The van der Waals surface area contributed by atoms with Gasteiger partial charge in [-0.3, -0.25) is 14.6 Å². The van der Waals surface area contributed by atoms with Gasteiger partial charge in [-0.25, -0.2) is 4.98 Å². The van der Waals surface area contributed by atoms with E-state index in [9.17, 15) is 4.79 Å². The minimum Gasteiger partial charge on any atom is -0.341 e. The second kappa shape index (κ2) is 8.62. The van der Waals surface area contributed by atoms with Gasteiger partial charge in [0.2, 0.25) is 5.91 Å². The standard InChI is InChI=1S/C22H32ClN5O/c1-16-10-17(2)13-28(12-16)22(29)15-27-8-6-26(7-9-27)14-21-24-19-11-18(23)4-5-20(19)25(21)3/h4-5,11,16-17H,6-10,12-15H2,1-3H3. The van der Waals surface area contributed by atoms with Gasteiger partial charge in [-0.05, 0) is 36.5 Å². The molecule has 2 aliphatic heterocycles. The Morgan fingerprint density at radius 3 is 2.45 bits per heavy atom. The molecule has 3 heterocycles. The van der Waals surface area contributed by atoms with Crippen LogP contribution in [-0.4, -0.2) is 76.0 Å². The zero-order valence-corrected chi connectivity index (χ0v) is 18.5. The summed E-state index contributed by atoms with van der Waals surface area (Å²) in [6.07, 6.45) is 1.23. The Labute approximate surface area is 178 Å². The Morgan fingerprint density at radius 1 is 1.10 bits per heavy atom. The SMILES string of the molecule is CC1CC(C)CN(C(=O)CN2CCN(Cc3nc4cc(Cl)ccc4n3C)CC2)C1. The van der Waals surface area contributed by atoms with Gasteiger partial charge in [0.15, 0.2) is 0 Å². The zero-order valence-electron chi connectivity index (χ0n) is 17.8. The molecule has 2 aromatic rings. The molecule has 0 N–H and O–H groups in total. The van der Waals surface area contributed by atoms with Crippen LogP contribution in [-0.2, 0) is 18.4 Å². The number of carbonyl (C=O) groups is 1. The number of hydrogen-bond acceptors (Lipinski definition) is 4. The highest BCUT2D eigenvalue weighted by molar-refractivity contribution is 6.31. The van der Waals surface area contributed by atoms with E-state index in [1.54, 1.807) is 0 Å². The number of benzene rings is 1.